The predicted molar refractivity (Wildman–Crippen MR) is 99.5 cm³/mol. The molecule has 0 aliphatic carbocycles. The Morgan fingerprint density at radius 1 is 1.08 bits per heavy atom. The van der Waals surface area contributed by atoms with Crippen LogP contribution in [0.25, 0.3) is 11.1 Å². The van der Waals surface area contributed by atoms with Crippen LogP contribution in [0.4, 0.5) is 10.2 Å². The molecule has 0 saturated carbocycles. The molecule has 0 unspecified atom stereocenters. The molecule has 1 aromatic heterocycles. The highest BCUT2D eigenvalue weighted by atomic mass is 19.1. The maximum absolute atomic E-state index is 13.1. The summed E-state index contributed by atoms with van der Waals surface area (Å²) in [7, 11) is 1.77. The van der Waals surface area contributed by atoms with Crippen molar-refractivity contribution in [3.8, 4) is 16.9 Å². The molecular formula is C20H29FN2O. The van der Waals surface area contributed by atoms with Crippen molar-refractivity contribution in [1.82, 2.24) is 4.98 Å². The molecule has 1 heterocycles. The van der Waals surface area contributed by atoms with Gasteiger partial charge in [0.25, 0.3) is 0 Å². The highest BCUT2D eigenvalue weighted by molar-refractivity contribution is 5.83. The van der Waals surface area contributed by atoms with Gasteiger partial charge in [0.05, 0.1) is 11.3 Å². The van der Waals surface area contributed by atoms with Crippen LogP contribution < -0.4 is 5.32 Å². The van der Waals surface area contributed by atoms with Gasteiger partial charge in [-0.3, -0.25) is 0 Å². The fourth-order valence-electron chi connectivity index (χ4n) is 3.10. The van der Waals surface area contributed by atoms with Crippen LogP contribution in [0.2, 0.25) is 0 Å². The largest absolute Gasteiger partial charge is 0.505 e. The smallest absolute Gasteiger partial charge is 0.149 e. The van der Waals surface area contributed by atoms with E-state index in [4.69, 9.17) is 0 Å². The molecule has 0 amide bonds. The van der Waals surface area contributed by atoms with Gasteiger partial charge in [0, 0.05) is 7.05 Å². The van der Waals surface area contributed by atoms with Gasteiger partial charge in [-0.2, -0.15) is 0 Å². The molecule has 24 heavy (non-hydrogen) atoms. The van der Waals surface area contributed by atoms with E-state index in [0.717, 1.165) is 31.2 Å². The SMILES string of the molecule is CCCCc1ccc(-c2c(NC)[nH]c(CF)c2O)cc1CCCC. The lowest BCUT2D eigenvalue weighted by Gasteiger charge is -2.13. The fourth-order valence-corrected chi connectivity index (χ4v) is 3.10. The third-order valence-corrected chi connectivity index (χ3v) is 4.53. The molecule has 0 radical (unpaired) electrons. The lowest BCUT2D eigenvalue weighted by atomic mass is 9.93. The average molecular weight is 332 g/mol. The van der Waals surface area contributed by atoms with Crippen molar-refractivity contribution in [3.05, 3.63) is 35.0 Å². The summed E-state index contributed by atoms with van der Waals surface area (Å²) in [6.45, 7) is 3.69. The van der Waals surface area contributed by atoms with Crippen LogP contribution in [0.1, 0.15) is 56.4 Å². The summed E-state index contributed by atoms with van der Waals surface area (Å²) < 4.78 is 13.1. The minimum Gasteiger partial charge on any atom is -0.505 e. The van der Waals surface area contributed by atoms with Crippen molar-refractivity contribution >= 4 is 5.82 Å². The molecule has 0 aliphatic heterocycles. The van der Waals surface area contributed by atoms with Gasteiger partial charge in [0.15, 0.2) is 0 Å². The first-order valence-corrected chi connectivity index (χ1v) is 8.95. The van der Waals surface area contributed by atoms with Gasteiger partial charge >= 0.3 is 0 Å². The Hall–Kier alpha value is -1.97. The number of H-pyrrole nitrogens is 1. The van der Waals surface area contributed by atoms with Crippen molar-refractivity contribution in [1.29, 1.82) is 0 Å². The first kappa shape index (κ1) is 18.4. The van der Waals surface area contributed by atoms with Crippen LogP contribution in [0.3, 0.4) is 0 Å². The minimum absolute atomic E-state index is 0.00426. The van der Waals surface area contributed by atoms with E-state index in [1.165, 1.54) is 24.0 Å². The zero-order valence-electron chi connectivity index (χ0n) is 15.0. The molecule has 1 aromatic carbocycles. The predicted octanol–water partition coefficient (Wildman–Crippen LogP) is 5.58. The standard InChI is InChI=1S/C20H29FN2O/c1-4-6-8-14-10-11-16(12-15(14)9-7-5-2)18-19(24)17(13-21)23-20(18)22-3/h10-12,22-24H,4-9,13H2,1-3H3. The first-order chi connectivity index (χ1) is 11.7. The molecule has 0 atom stereocenters. The molecule has 0 bridgehead atoms. The van der Waals surface area contributed by atoms with Crippen LogP contribution >= 0.6 is 0 Å². The molecule has 0 fully saturated rings. The molecular weight excluding hydrogens is 303 g/mol. The number of rotatable bonds is 9. The van der Waals surface area contributed by atoms with Gasteiger partial charge < -0.3 is 15.4 Å². The van der Waals surface area contributed by atoms with Gasteiger partial charge in [-0.1, -0.05) is 44.9 Å². The maximum Gasteiger partial charge on any atom is 0.149 e. The molecule has 4 heteroatoms. The topological polar surface area (TPSA) is 48.0 Å². The maximum atomic E-state index is 13.1. The van der Waals surface area contributed by atoms with Crippen molar-refractivity contribution in [2.24, 2.45) is 0 Å². The zero-order chi connectivity index (χ0) is 17.5. The van der Waals surface area contributed by atoms with Gasteiger partial charge in [0.1, 0.15) is 18.2 Å². The van der Waals surface area contributed by atoms with Crippen molar-refractivity contribution < 1.29 is 9.50 Å². The number of benzene rings is 1. The minimum atomic E-state index is -0.711. The summed E-state index contributed by atoms with van der Waals surface area (Å²) in [5, 5.41) is 13.4. The summed E-state index contributed by atoms with van der Waals surface area (Å²) in [4.78, 5) is 2.92. The van der Waals surface area contributed by atoms with E-state index in [1.807, 2.05) is 6.07 Å². The molecule has 0 spiro atoms. The molecule has 2 aromatic rings. The van der Waals surface area contributed by atoms with Gasteiger partial charge in [0.2, 0.25) is 0 Å². The first-order valence-electron chi connectivity index (χ1n) is 8.95. The molecule has 0 aliphatic rings. The lowest BCUT2D eigenvalue weighted by Crippen LogP contribution is -1.97. The fraction of sp³-hybridized carbons (Fsp3) is 0.500. The average Bonchev–Trinajstić information content (AvgIpc) is 2.94. The number of aromatic hydroxyl groups is 1. The van der Waals surface area contributed by atoms with Crippen LogP contribution in [-0.2, 0) is 19.5 Å². The monoisotopic (exact) mass is 332 g/mol. The van der Waals surface area contributed by atoms with Crippen molar-refractivity contribution in [2.45, 2.75) is 59.0 Å². The second kappa shape index (κ2) is 8.76. The number of hydrogen-bond acceptors (Lipinski definition) is 2. The van der Waals surface area contributed by atoms with E-state index >= 15 is 0 Å². The Labute approximate surface area is 144 Å². The van der Waals surface area contributed by atoms with E-state index in [1.54, 1.807) is 7.05 Å². The van der Waals surface area contributed by atoms with Gasteiger partial charge in [-0.05, 0) is 42.4 Å². The molecule has 3 N–H and O–H groups in total. The normalized spacial score (nSPS) is 11.0. The van der Waals surface area contributed by atoms with E-state index < -0.39 is 6.67 Å². The number of nitrogens with one attached hydrogen (secondary N) is 2. The summed E-state index contributed by atoms with van der Waals surface area (Å²) >= 11 is 0. The van der Waals surface area contributed by atoms with Crippen LogP contribution in [0.15, 0.2) is 18.2 Å². The number of aryl methyl sites for hydroxylation is 2. The highest BCUT2D eigenvalue weighted by Crippen LogP contribution is 2.40. The number of unbranched alkanes of at least 4 members (excludes halogenated alkanes) is 2. The number of anilines is 1. The molecule has 2 rings (SSSR count). The van der Waals surface area contributed by atoms with Crippen molar-refractivity contribution in [2.75, 3.05) is 12.4 Å². The number of hydrogen-bond donors (Lipinski definition) is 3. The summed E-state index contributed by atoms with van der Waals surface area (Å²) in [6.07, 6.45) is 6.79. The number of aromatic amines is 1. The highest BCUT2D eigenvalue weighted by Gasteiger charge is 2.18. The summed E-state index contributed by atoms with van der Waals surface area (Å²) in [5.74, 6) is 0.660. The summed E-state index contributed by atoms with van der Waals surface area (Å²) in [5.41, 5.74) is 4.54. The van der Waals surface area contributed by atoms with E-state index in [-0.39, 0.29) is 11.4 Å². The Morgan fingerprint density at radius 3 is 2.33 bits per heavy atom. The van der Waals surface area contributed by atoms with Crippen molar-refractivity contribution in [3.63, 3.8) is 0 Å². The number of aromatic nitrogens is 1. The third kappa shape index (κ3) is 3.92. The zero-order valence-corrected chi connectivity index (χ0v) is 15.0. The van der Waals surface area contributed by atoms with Gasteiger partial charge in [-0.15, -0.1) is 0 Å². The number of halogens is 1. The Morgan fingerprint density at radius 2 is 1.75 bits per heavy atom. The van der Waals surface area contributed by atoms with Gasteiger partial charge in [-0.25, -0.2) is 4.39 Å². The second-order valence-electron chi connectivity index (χ2n) is 6.28. The van der Waals surface area contributed by atoms with E-state index in [2.05, 4.69) is 36.3 Å². The van der Waals surface area contributed by atoms with Crippen LogP contribution in [-0.4, -0.2) is 17.1 Å². The van der Waals surface area contributed by atoms with Crippen LogP contribution in [0, 0.1) is 0 Å². The number of alkyl halides is 1. The Balaban J connectivity index is 2.45. The van der Waals surface area contributed by atoms with Crippen LogP contribution in [0.5, 0.6) is 5.75 Å². The Kier molecular flexibility index (Phi) is 6.71. The van der Waals surface area contributed by atoms with E-state index in [9.17, 15) is 9.50 Å². The molecule has 132 valence electrons. The molecule has 3 nitrogen and oxygen atoms in total. The van der Waals surface area contributed by atoms with E-state index in [0.29, 0.717) is 11.4 Å². The second-order valence-corrected chi connectivity index (χ2v) is 6.28. The Bertz CT molecular complexity index is 664. The third-order valence-electron chi connectivity index (χ3n) is 4.53. The summed E-state index contributed by atoms with van der Waals surface area (Å²) in [6, 6.07) is 6.36. The quantitative estimate of drug-likeness (QED) is 0.561. The molecule has 0 saturated heterocycles. The lowest BCUT2D eigenvalue weighted by molar-refractivity contribution is 0.430.